The van der Waals surface area contributed by atoms with Gasteiger partial charge in [-0.2, -0.15) is 0 Å². The van der Waals surface area contributed by atoms with Crippen molar-refractivity contribution in [2.45, 2.75) is 51.5 Å². The Morgan fingerprint density at radius 1 is 1.15 bits per heavy atom. The molecule has 0 saturated heterocycles. The van der Waals surface area contributed by atoms with Crippen molar-refractivity contribution in [3.8, 4) is 0 Å². The van der Waals surface area contributed by atoms with Gasteiger partial charge in [0.2, 0.25) is 0 Å². The first kappa shape index (κ1) is 11.0. The first-order valence-corrected chi connectivity index (χ1v) is 5.69. The monoisotopic (exact) mass is 185 g/mol. The van der Waals surface area contributed by atoms with E-state index in [1.54, 1.807) is 0 Å². The molecule has 2 atom stereocenters. The van der Waals surface area contributed by atoms with E-state index in [1.165, 1.54) is 38.5 Å². The van der Waals surface area contributed by atoms with Crippen LogP contribution in [0, 0.1) is 5.92 Å². The first-order chi connectivity index (χ1) is 6.34. The average Bonchev–Trinajstić information content (AvgIpc) is 2.11. The van der Waals surface area contributed by atoms with Crippen LogP contribution < -0.4 is 5.32 Å². The summed E-state index contributed by atoms with van der Waals surface area (Å²) < 4.78 is 0. The smallest absolute Gasteiger partial charge is 0.0556 e. The van der Waals surface area contributed by atoms with Crippen molar-refractivity contribution in [3.05, 3.63) is 0 Å². The van der Waals surface area contributed by atoms with Gasteiger partial charge in [-0.3, -0.25) is 0 Å². The van der Waals surface area contributed by atoms with E-state index in [4.69, 9.17) is 5.11 Å². The zero-order valence-corrected chi connectivity index (χ0v) is 8.76. The van der Waals surface area contributed by atoms with Crippen molar-refractivity contribution in [3.63, 3.8) is 0 Å². The zero-order valence-electron chi connectivity index (χ0n) is 8.76. The predicted molar refractivity (Wildman–Crippen MR) is 55.7 cm³/mol. The fourth-order valence-corrected chi connectivity index (χ4v) is 2.22. The van der Waals surface area contributed by atoms with Crippen molar-refractivity contribution in [1.82, 2.24) is 5.32 Å². The Bertz CT molecular complexity index is 125. The van der Waals surface area contributed by atoms with Crippen LogP contribution in [0.2, 0.25) is 0 Å². The second-order valence-corrected chi connectivity index (χ2v) is 4.25. The lowest BCUT2D eigenvalue weighted by Gasteiger charge is -2.27. The minimum absolute atomic E-state index is 0.267. The number of rotatable bonds is 3. The maximum Gasteiger partial charge on any atom is 0.0556 e. The third-order valence-electron chi connectivity index (χ3n) is 3.13. The lowest BCUT2D eigenvalue weighted by molar-refractivity contribution is 0.252. The minimum Gasteiger partial charge on any atom is -0.395 e. The summed E-state index contributed by atoms with van der Waals surface area (Å²) in [6, 6.07) is 0.646. The molecule has 1 fully saturated rings. The van der Waals surface area contributed by atoms with E-state index in [2.05, 4.69) is 12.2 Å². The Hall–Kier alpha value is -0.0800. The predicted octanol–water partition coefficient (Wildman–Crippen LogP) is 1.93. The fraction of sp³-hybridized carbons (Fsp3) is 1.00. The summed E-state index contributed by atoms with van der Waals surface area (Å²) in [5.41, 5.74) is 0. The second-order valence-electron chi connectivity index (χ2n) is 4.25. The van der Waals surface area contributed by atoms with Crippen LogP contribution in [0.25, 0.3) is 0 Å². The highest BCUT2D eigenvalue weighted by molar-refractivity contribution is 4.75. The maximum atomic E-state index is 8.75. The van der Waals surface area contributed by atoms with Crippen LogP contribution in [0.15, 0.2) is 0 Å². The third kappa shape index (κ3) is 4.10. The summed E-state index contributed by atoms with van der Waals surface area (Å²) in [5.74, 6) is 0.784. The van der Waals surface area contributed by atoms with Crippen LogP contribution in [-0.4, -0.2) is 24.3 Å². The van der Waals surface area contributed by atoms with Gasteiger partial charge in [-0.05, 0) is 18.8 Å². The normalized spacial score (nSPS) is 30.9. The van der Waals surface area contributed by atoms with E-state index >= 15 is 0 Å². The Morgan fingerprint density at radius 2 is 1.85 bits per heavy atom. The van der Waals surface area contributed by atoms with Gasteiger partial charge in [0.25, 0.3) is 0 Å². The SMILES string of the molecule is CC1CCCCCCC1NCCO. The van der Waals surface area contributed by atoms with Gasteiger partial charge >= 0.3 is 0 Å². The molecule has 0 aromatic rings. The maximum absolute atomic E-state index is 8.75. The van der Waals surface area contributed by atoms with E-state index in [-0.39, 0.29) is 6.61 Å². The molecule has 1 aliphatic rings. The molecular weight excluding hydrogens is 162 g/mol. The molecule has 0 aromatic carbocycles. The minimum atomic E-state index is 0.267. The van der Waals surface area contributed by atoms with Crippen LogP contribution >= 0.6 is 0 Å². The standard InChI is InChI=1S/C11H23NO/c1-10-6-4-2-3-5-7-11(10)12-8-9-13/h10-13H,2-9H2,1H3. The quantitative estimate of drug-likeness (QED) is 0.704. The Kier molecular flexibility index (Phi) is 5.40. The molecule has 0 heterocycles. The molecule has 13 heavy (non-hydrogen) atoms. The van der Waals surface area contributed by atoms with Gasteiger partial charge < -0.3 is 10.4 Å². The molecule has 0 amide bonds. The van der Waals surface area contributed by atoms with E-state index in [0.29, 0.717) is 6.04 Å². The summed E-state index contributed by atoms with van der Waals surface area (Å²) in [4.78, 5) is 0. The molecule has 1 saturated carbocycles. The van der Waals surface area contributed by atoms with Gasteiger partial charge in [0.1, 0.15) is 0 Å². The Morgan fingerprint density at radius 3 is 2.54 bits per heavy atom. The largest absolute Gasteiger partial charge is 0.395 e. The van der Waals surface area contributed by atoms with Gasteiger partial charge in [0.15, 0.2) is 0 Å². The molecule has 2 heteroatoms. The van der Waals surface area contributed by atoms with Crippen molar-refractivity contribution in [2.75, 3.05) is 13.2 Å². The Labute approximate surface area is 81.7 Å². The molecule has 0 bridgehead atoms. The zero-order chi connectivity index (χ0) is 9.52. The van der Waals surface area contributed by atoms with E-state index in [1.807, 2.05) is 0 Å². The van der Waals surface area contributed by atoms with Crippen LogP contribution in [-0.2, 0) is 0 Å². The van der Waals surface area contributed by atoms with Crippen molar-refractivity contribution in [1.29, 1.82) is 0 Å². The average molecular weight is 185 g/mol. The molecule has 0 spiro atoms. The number of hydrogen-bond donors (Lipinski definition) is 2. The molecular formula is C11H23NO. The summed E-state index contributed by atoms with van der Waals surface area (Å²) in [5, 5.41) is 12.2. The van der Waals surface area contributed by atoms with Gasteiger partial charge in [0, 0.05) is 12.6 Å². The lowest BCUT2D eigenvalue weighted by atomic mass is 9.88. The number of aliphatic hydroxyl groups excluding tert-OH is 1. The lowest BCUT2D eigenvalue weighted by Crippen LogP contribution is -2.37. The number of nitrogens with one attached hydrogen (secondary N) is 1. The Balaban J connectivity index is 2.28. The van der Waals surface area contributed by atoms with Crippen LogP contribution in [0.1, 0.15) is 45.4 Å². The third-order valence-corrected chi connectivity index (χ3v) is 3.13. The molecule has 1 rings (SSSR count). The topological polar surface area (TPSA) is 32.3 Å². The van der Waals surface area contributed by atoms with Crippen molar-refractivity contribution in [2.24, 2.45) is 5.92 Å². The summed E-state index contributed by atoms with van der Waals surface area (Å²) in [6.07, 6.45) is 8.19. The van der Waals surface area contributed by atoms with E-state index in [0.717, 1.165) is 12.5 Å². The van der Waals surface area contributed by atoms with Gasteiger partial charge in [-0.25, -0.2) is 0 Å². The molecule has 0 radical (unpaired) electrons. The van der Waals surface area contributed by atoms with Crippen molar-refractivity contribution >= 4 is 0 Å². The second kappa shape index (κ2) is 6.39. The fourth-order valence-electron chi connectivity index (χ4n) is 2.22. The first-order valence-electron chi connectivity index (χ1n) is 5.69. The highest BCUT2D eigenvalue weighted by Gasteiger charge is 2.17. The van der Waals surface area contributed by atoms with E-state index < -0.39 is 0 Å². The number of hydrogen-bond acceptors (Lipinski definition) is 2. The molecule has 0 aliphatic heterocycles. The highest BCUT2D eigenvalue weighted by atomic mass is 16.3. The van der Waals surface area contributed by atoms with Gasteiger partial charge in [0.05, 0.1) is 6.61 Å². The van der Waals surface area contributed by atoms with E-state index in [9.17, 15) is 0 Å². The van der Waals surface area contributed by atoms with Gasteiger partial charge in [-0.1, -0.05) is 32.6 Å². The molecule has 2 nitrogen and oxygen atoms in total. The van der Waals surface area contributed by atoms with Crippen LogP contribution in [0.3, 0.4) is 0 Å². The molecule has 1 aliphatic carbocycles. The summed E-state index contributed by atoms with van der Waals surface area (Å²) >= 11 is 0. The summed E-state index contributed by atoms with van der Waals surface area (Å²) in [6.45, 7) is 3.36. The molecule has 78 valence electrons. The highest BCUT2D eigenvalue weighted by Crippen LogP contribution is 2.22. The van der Waals surface area contributed by atoms with Gasteiger partial charge in [-0.15, -0.1) is 0 Å². The molecule has 0 aromatic heterocycles. The van der Waals surface area contributed by atoms with Crippen LogP contribution in [0.4, 0.5) is 0 Å². The summed E-state index contributed by atoms with van der Waals surface area (Å²) in [7, 11) is 0. The molecule has 2 N–H and O–H groups in total. The van der Waals surface area contributed by atoms with Crippen LogP contribution in [0.5, 0.6) is 0 Å². The number of aliphatic hydroxyl groups is 1. The molecule has 2 unspecified atom stereocenters. The van der Waals surface area contributed by atoms with Crippen molar-refractivity contribution < 1.29 is 5.11 Å².